The first-order chi connectivity index (χ1) is 9.93. The van der Waals surface area contributed by atoms with Crippen molar-refractivity contribution in [1.82, 2.24) is 4.98 Å². The Bertz CT molecular complexity index is 717. The molecule has 0 aliphatic carbocycles. The molecule has 1 aromatic heterocycles. The predicted molar refractivity (Wildman–Crippen MR) is 83.2 cm³/mol. The molecular weight excluding hydrogens is 288 g/mol. The summed E-state index contributed by atoms with van der Waals surface area (Å²) in [6.45, 7) is 3.16. The third-order valence-corrected chi connectivity index (χ3v) is 4.12. The Balaban J connectivity index is 2.39. The van der Waals surface area contributed by atoms with Gasteiger partial charge in [-0.05, 0) is 31.2 Å². The number of primary sulfonamides is 1. The van der Waals surface area contributed by atoms with Gasteiger partial charge >= 0.3 is 0 Å². The second kappa shape index (κ2) is 6.11. The van der Waals surface area contributed by atoms with Crippen molar-refractivity contribution in [3.63, 3.8) is 0 Å². The Hall–Kier alpha value is -2.12. The van der Waals surface area contributed by atoms with Gasteiger partial charge in [0.25, 0.3) is 0 Å². The zero-order valence-electron chi connectivity index (χ0n) is 11.7. The maximum Gasteiger partial charge on any atom is 0.240 e. The molecule has 0 saturated heterocycles. The van der Waals surface area contributed by atoms with Gasteiger partial charge in [-0.1, -0.05) is 12.1 Å². The van der Waals surface area contributed by atoms with E-state index in [4.69, 9.17) is 10.9 Å². The van der Waals surface area contributed by atoms with Crippen LogP contribution in [0.2, 0.25) is 0 Å². The maximum absolute atomic E-state index is 11.5. The highest BCUT2D eigenvalue weighted by Gasteiger charge is 2.18. The number of nitrogens with zero attached hydrogens (tertiary/aromatic N) is 2. The molecule has 0 spiro atoms. The number of anilines is 2. The number of nitrogens with two attached hydrogens (primary N) is 2. The summed E-state index contributed by atoms with van der Waals surface area (Å²) in [4.78, 5) is 6.16. The van der Waals surface area contributed by atoms with Gasteiger partial charge in [0, 0.05) is 12.7 Å². The van der Waals surface area contributed by atoms with Crippen molar-refractivity contribution in [2.24, 2.45) is 5.14 Å². The molecule has 0 aliphatic heterocycles. The summed E-state index contributed by atoms with van der Waals surface area (Å²) in [5.41, 5.74) is 7.65. The fourth-order valence-electron chi connectivity index (χ4n) is 2.11. The average molecular weight is 306 g/mol. The third kappa shape index (κ3) is 3.50. The number of aromatic nitrogens is 1. The molecule has 0 atom stereocenters. The van der Waals surface area contributed by atoms with E-state index in [2.05, 4.69) is 4.98 Å². The van der Waals surface area contributed by atoms with Crippen molar-refractivity contribution in [3.8, 4) is 0 Å². The van der Waals surface area contributed by atoms with E-state index >= 15 is 0 Å². The van der Waals surface area contributed by atoms with Crippen molar-refractivity contribution in [1.29, 1.82) is 0 Å². The second-order valence-electron chi connectivity index (χ2n) is 4.57. The summed E-state index contributed by atoms with van der Waals surface area (Å²) in [7, 11) is -3.84. The second-order valence-corrected chi connectivity index (χ2v) is 6.10. The van der Waals surface area contributed by atoms with Crippen molar-refractivity contribution in [2.45, 2.75) is 18.4 Å². The molecule has 0 fully saturated rings. The molecule has 0 aliphatic rings. The van der Waals surface area contributed by atoms with Crippen molar-refractivity contribution in [3.05, 3.63) is 48.3 Å². The molecule has 0 amide bonds. The third-order valence-electron chi connectivity index (χ3n) is 3.15. The van der Waals surface area contributed by atoms with Crippen LogP contribution in [0.3, 0.4) is 0 Å². The zero-order valence-corrected chi connectivity index (χ0v) is 12.5. The van der Waals surface area contributed by atoms with Crippen LogP contribution in [-0.2, 0) is 16.6 Å². The molecule has 2 aromatic rings. The lowest BCUT2D eigenvalue weighted by Crippen LogP contribution is -2.25. The molecule has 112 valence electrons. The summed E-state index contributed by atoms with van der Waals surface area (Å²) in [6.07, 6.45) is 1.72. The first kappa shape index (κ1) is 15.3. The fraction of sp³-hybridized carbons (Fsp3) is 0.214. The van der Waals surface area contributed by atoms with Crippen LogP contribution < -0.4 is 15.8 Å². The lowest BCUT2D eigenvalue weighted by atomic mass is 10.2. The SMILES string of the molecule is CCN(Cc1ccccn1)c1cccc(S(N)(=O)=O)c1N. The minimum Gasteiger partial charge on any atom is -0.396 e. The van der Waals surface area contributed by atoms with Crippen LogP contribution in [0, 0.1) is 0 Å². The van der Waals surface area contributed by atoms with Crippen LogP contribution in [0.15, 0.2) is 47.5 Å². The number of benzene rings is 1. The molecule has 2 rings (SSSR count). The highest BCUT2D eigenvalue weighted by atomic mass is 32.2. The lowest BCUT2D eigenvalue weighted by molar-refractivity contribution is 0.598. The number of nitrogen functional groups attached to an aromatic ring is 1. The number of hydrogen-bond donors (Lipinski definition) is 2. The lowest BCUT2D eigenvalue weighted by Gasteiger charge is -2.25. The number of hydrogen-bond acceptors (Lipinski definition) is 5. The minimum atomic E-state index is -3.84. The van der Waals surface area contributed by atoms with E-state index in [0.29, 0.717) is 18.8 Å². The average Bonchev–Trinajstić information content (AvgIpc) is 2.45. The van der Waals surface area contributed by atoms with E-state index < -0.39 is 10.0 Å². The molecule has 6 nitrogen and oxygen atoms in total. The van der Waals surface area contributed by atoms with Gasteiger partial charge in [-0.15, -0.1) is 0 Å². The molecular formula is C14H18N4O2S. The van der Waals surface area contributed by atoms with Crippen molar-refractivity contribution >= 4 is 21.4 Å². The molecule has 4 N–H and O–H groups in total. The summed E-state index contributed by atoms with van der Waals surface area (Å²) in [5.74, 6) is 0. The Morgan fingerprint density at radius 1 is 1.19 bits per heavy atom. The van der Waals surface area contributed by atoms with Crippen LogP contribution in [0.1, 0.15) is 12.6 Å². The Morgan fingerprint density at radius 2 is 1.95 bits per heavy atom. The highest BCUT2D eigenvalue weighted by molar-refractivity contribution is 7.89. The summed E-state index contributed by atoms with van der Waals surface area (Å²) in [5, 5.41) is 5.18. The van der Waals surface area contributed by atoms with Gasteiger partial charge in [-0.3, -0.25) is 4.98 Å². The van der Waals surface area contributed by atoms with Gasteiger partial charge < -0.3 is 10.6 Å². The van der Waals surface area contributed by atoms with E-state index in [1.807, 2.05) is 30.0 Å². The summed E-state index contributed by atoms with van der Waals surface area (Å²) >= 11 is 0. The quantitative estimate of drug-likeness (QED) is 0.811. The molecule has 21 heavy (non-hydrogen) atoms. The van der Waals surface area contributed by atoms with E-state index in [-0.39, 0.29) is 10.6 Å². The van der Waals surface area contributed by atoms with Crippen LogP contribution in [-0.4, -0.2) is 19.9 Å². The smallest absolute Gasteiger partial charge is 0.240 e. The largest absolute Gasteiger partial charge is 0.396 e. The van der Waals surface area contributed by atoms with Crippen molar-refractivity contribution in [2.75, 3.05) is 17.2 Å². The van der Waals surface area contributed by atoms with Crippen LogP contribution in [0.4, 0.5) is 11.4 Å². The molecule has 0 radical (unpaired) electrons. The first-order valence-corrected chi connectivity index (χ1v) is 8.04. The van der Waals surface area contributed by atoms with Crippen LogP contribution in [0.25, 0.3) is 0 Å². The predicted octanol–water partition coefficient (Wildman–Crippen LogP) is 1.34. The molecule has 0 unspecified atom stereocenters. The maximum atomic E-state index is 11.5. The van der Waals surface area contributed by atoms with Gasteiger partial charge in [0.15, 0.2) is 0 Å². The Morgan fingerprint density at radius 3 is 2.52 bits per heavy atom. The molecule has 1 heterocycles. The molecule has 7 heteroatoms. The van der Waals surface area contributed by atoms with Crippen molar-refractivity contribution < 1.29 is 8.42 Å². The van der Waals surface area contributed by atoms with Gasteiger partial charge in [-0.25, -0.2) is 13.6 Å². The minimum absolute atomic E-state index is 0.0560. The topological polar surface area (TPSA) is 102 Å². The van der Waals surface area contributed by atoms with E-state index in [9.17, 15) is 8.42 Å². The standard InChI is InChI=1S/C14H18N4O2S/c1-2-18(10-11-6-3-4-9-17-11)12-7-5-8-13(14(12)15)21(16,19)20/h3-9H,2,10,15H2,1H3,(H2,16,19,20). The molecule has 0 bridgehead atoms. The van der Waals surface area contributed by atoms with Gasteiger partial charge in [0.1, 0.15) is 4.90 Å². The summed E-state index contributed by atoms with van der Waals surface area (Å²) < 4.78 is 23.1. The first-order valence-electron chi connectivity index (χ1n) is 6.49. The van der Waals surface area contributed by atoms with E-state index in [1.54, 1.807) is 18.3 Å². The number of rotatable bonds is 5. The molecule has 0 saturated carbocycles. The Kier molecular flexibility index (Phi) is 4.44. The van der Waals surface area contributed by atoms with Crippen LogP contribution >= 0.6 is 0 Å². The molecule has 1 aromatic carbocycles. The number of sulfonamides is 1. The normalized spacial score (nSPS) is 11.3. The zero-order chi connectivity index (χ0) is 15.5. The van der Waals surface area contributed by atoms with Gasteiger partial charge in [-0.2, -0.15) is 0 Å². The van der Waals surface area contributed by atoms with Crippen LogP contribution in [0.5, 0.6) is 0 Å². The van der Waals surface area contributed by atoms with E-state index in [0.717, 1.165) is 5.69 Å². The van der Waals surface area contributed by atoms with E-state index in [1.165, 1.54) is 6.07 Å². The monoisotopic (exact) mass is 306 g/mol. The van der Waals surface area contributed by atoms with Gasteiger partial charge in [0.05, 0.1) is 23.6 Å². The number of pyridine rings is 1. The number of para-hydroxylation sites is 1. The fourth-order valence-corrected chi connectivity index (χ4v) is 2.79. The highest BCUT2D eigenvalue weighted by Crippen LogP contribution is 2.29. The summed E-state index contributed by atoms with van der Waals surface area (Å²) in [6, 6.07) is 10.5. The Labute approximate surface area is 124 Å². The van der Waals surface area contributed by atoms with Gasteiger partial charge in [0.2, 0.25) is 10.0 Å².